The molecule has 0 atom stereocenters. The Morgan fingerprint density at radius 2 is 0.792 bits per heavy atom. The molecule has 2 aromatic heterocycles. The van der Waals surface area contributed by atoms with Crippen molar-refractivity contribution in [2.75, 3.05) is 0 Å². The standard InChI is InChI=1S/C49H30N4/c50-31-33-21-23-52-47(25-33)39-11-7-9-35(27-39)37-17-19-45-43(29-37)44-30-38(36-10-8-12-40(28-36)48-26-34(32-51)22-24-53-48)18-20-46(44)49(45,41-13-3-1-4-14-41)42-15-5-2-6-16-42/h1-30H. The van der Waals surface area contributed by atoms with E-state index in [1.165, 1.54) is 33.4 Å². The van der Waals surface area contributed by atoms with Crippen LogP contribution in [0.15, 0.2) is 182 Å². The Balaban J connectivity index is 1.25. The molecule has 4 nitrogen and oxygen atoms in total. The van der Waals surface area contributed by atoms with Gasteiger partial charge in [-0.25, -0.2) is 0 Å². The van der Waals surface area contributed by atoms with E-state index in [4.69, 9.17) is 0 Å². The first-order valence-electron chi connectivity index (χ1n) is 17.5. The van der Waals surface area contributed by atoms with E-state index in [0.29, 0.717) is 11.1 Å². The number of hydrogen-bond donors (Lipinski definition) is 0. The summed E-state index contributed by atoms with van der Waals surface area (Å²) in [6.45, 7) is 0. The Kier molecular flexibility index (Phi) is 7.77. The molecule has 53 heavy (non-hydrogen) atoms. The number of rotatable bonds is 6. The first-order chi connectivity index (χ1) is 26.1. The fourth-order valence-corrected chi connectivity index (χ4v) is 7.89. The van der Waals surface area contributed by atoms with Gasteiger partial charge in [-0.2, -0.15) is 10.5 Å². The maximum Gasteiger partial charge on any atom is 0.0992 e. The van der Waals surface area contributed by atoms with Crippen LogP contribution in [0.4, 0.5) is 0 Å². The number of pyridine rings is 2. The lowest BCUT2D eigenvalue weighted by Crippen LogP contribution is -2.28. The van der Waals surface area contributed by atoms with Crippen molar-refractivity contribution in [1.29, 1.82) is 10.5 Å². The second-order valence-corrected chi connectivity index (χ2v) is 13.2. The molecule has 0 amide bonds. The SMILES string of the molecule is N#Cc1ccnc(-c2cccc(-c3ccc4c(c3)-c3cc(-c5cccc(-c6cc(C#N)ccn6)c5)ccc3C4(c3ccccc3)c3ccccc3)c2)c1. The average Bonchev–Trinajstić information content (AvgIpc) is 3.54. The van der Waals surface area contributed by atoms with Crippen LogP contribution in [0.25, 0.3) is 55.9 Å². The maximum absolute atomic E-state index is 9.50. The summed E-state index contributed by atoms with van der Waals surface area (Å²) in [6.07, 6.45) is 3.37. The van der Waals surface area contributed by atoms with Crippen LogP contribution < -0.4 is 0 Å². The van der Waals surface area contributed by atoms with Crippen molar-refractivity contribution in [1.82, 2.24) is 9.97 Å². The van der Waals surface area contributed by atoms with Crippen LogP contribution >= 0.6 is 0 Å². The average molecular weight is 675 g/mol. The topological polar surface area (TPSA) is 73.4 Å². The minimum Gasteiger partial charge on any atom is -0.256 e. The Morgan fingerprint density at radius 1 is 0.377 bits per heavy atom. The van der Waals surface area contributed by atoms with Gasteiger partial charge in [0.15, 0.2) is 0 Å². The third-order valence-corrected chi connectivity index (χ3v) is 10.3. The Hall–Kier alpha value is -7.40. The molecule has 0 unspecified atom stereocenters. The third-order valence-electron chi connectivity index (χ3n) is 10.3. The van der Waals surface area contributed by atoms with Gasteiger partial charge in [-0.15, -0.1) is 0 Å². The van der Waals surface area contributed by atoms with Crippen LogP contribution in [-0.4, -0.2) is 9.97 Å². The van der Waals surface area contributed by atoms with Crippen LogP contribution in [0.1, 0.15) is 33.4 Å². The predicted octanol–water partition coefficient (Wildman–Crippen LogP) is 11.3. The number of aromatic nitrogens is 2. The van der Waals surface area contributed by atoms with E-state index < -0.39 is 5.41 Å². The molecule has 4 heteroatoms. The molecule has 0 radical (unpaired) electrons. The van der Waals surface area contributed by atoms with Gasteiger partial charge in [0.25, 0.3) is 0 Å². The number of benzene rings is 6. The summed E-state index contributed by atoms with van der Waals surface area (Å²) >= 11 is 0. The zero-order valence-corrected chi connectivity index (χ0v) is 28.6. The lowest BCUT2D eigenvalue weighted by Gasteiger charge is -2.34. The van der Waals surface area contributed by atoms with E-state index >= 15 is 0 Å². The van der Waals surface area contributed by atoms with E-state index in [1.807, 2.05) is 24.3 Å². The quantitative estimate of drug-likeness (QED) is 0.176. The van der Waals surface area contributed by atoms with Gasteiger partial charge < -0.3 is 0 Å². The van der Waals surface area contributed by atoms with Crippen molar-refractivity contribution in [2.24, 2.45) is 0 Å². The first-order valence-corrected chi connectivity index (χ1v) is 17.5. The van der Waals surface area contributed by atoms with E-state index in [2.05, 4.69) is 156 Å². The molecule has 0 saturated heterocycles. The molecule has 0 fully saturated rings. The molecular weight excluding hydrogens is 645 g/mol. The van der Waals surface area contributed by atoms with Crippen molar-refractivity contribution in [2.45, 2.75) is 5.41 Å². The van der Waals surface area contributed by atoms with Gasteiger partial charge in [0.2, 0.25) is 0 Å². The van der Waals surface area contributed by atoms with Crippen LogP contribution in [-0.2, 0) is 5.41 Å². The third kappa shape index (κ3) is 5.38. The molecular formula is C49H30N4. The van der Waals surface area contributed by atoms with E-state index in [9.17, 15) is 10.5 Å². The molecule has 0 saturated carbocycles. The van der Waals surface area contributed by atoms with Crippen LogP contribution in [0.5, 0.6) is 0 Å². The summed E-state index contributed by atoms with van der Waals surface area (Å²) in [4.78, 5) is 9.14. The van der Waals surface area contributed by atoms with Crippen LogP contribution in [0.2, 0.25) is 0 Å². The van der Waals surface area contributed by atoms with Crippen LogP contribution in [0.3, 0.4) is 0 Å². The monoisotopic (exact) mass is 674 g/mol. The highest BCUT2D eigenvalue weighted by atomic mass is 14.7. The van der Waals surface area contributed by atoms with Gasteiger partial charge in [0.05, 0.1) is 40.1 Å². The van der Waals surface area contributed by atoms with Gasteiger partial charge >= 0.3 is 0 Å². The maximum atomic E-state index is 9.50. The van der Waals surface area contributed by atoms with E-state index in [-0.39, 0.29) is 0 Å². The summed E-state index contributed by atoms with van der Waals surface area (Å²) in [7, 11) is 0. The smallest absolute Gasteiger partial charge is 0.0992 e. The van der Waals surface area contributed by atoms with Crippen molar-refractivity contribution in [3.8, 4) is 68.0 Å². The highest BCUT2D eigenvalue weighted by Gasteiger charge is 2.46. The van der Waals surface area contributed by atoms with Gasteiger partial charge in [-0.05, 0) is 104 Å². The molecule has 0 bridgehead atoms. The molecule has 9 rings (SSSR count). The number of hydrogen-bond acceptors (Lipinski definition) is 4. The van der Waals surface area contributed by atoms with Crippen molar-refractivity contribution >= 4 is 0 Å². The van der Waals surface area contributed by atoms with Crippen molar-refractivity contribution < 1.29 is 0 Å². The summed E-state index contributed by atoms with van der Waals surface area (Å²) < 4.78 is 0. The molecule has 1 aliphatic carbocycles. The van der Waals surface area contributed by atoms with Crippen LogP contribution in [0, 0.1) is 22.7 Å². The second kappa shape index (κ2) is 13.1. The van der Waals surface area contributed by atoms with Crippen molar-refractivity contribution in [3.63, 3.8) is 0 Å². The zero-order valence-electron chi connectivity index (χ0n) is 28.6. The predicted molar refractivity (Wildman–Crippen MR) is 211 cm³/mol. The molecule has 0 aliphatic heterocycles. The normalized spacial score (nSPS) is 12.3. The number of nitriles is 2. The fraction of sp³-hybridized carbons (Fsp3) is 0.0204. The molecule has 1 aliphatic rings. The second-order valence-electron chi connectivity index (χ2n) is 13.2. The van der Waals surface area contributed by atoms with Gasteiger partial charge in [-0.3, -0.25) is 9.97 Å². The Labute approximate surface area is 308 Å². The Morgan fingerprint density at radius 3 is 1.23 bits per heavy atom. The van der Waals surface area contributed by atoms with Gasteiger partial charge in [-0.1, -0.05) is 121 Å². The lowest BCUT2D eigenvalue weighted by molar-refractivity contribution is 0.768. The molecule has 0 N–H and O–H groups in total. The molecule has 2 heterocycles. The van der Waals surface area contributed by atoms with Gasteiger partial charge in [0.1, 0.15) is 0 Å². The number of fused-ring (bicyclic) bond motifs is 3. The molecule has 246 valence electrons. The number of nitrogens with zero attached hydrogens (tertiary/aromatic N) is 4. The molecule has 8 aromatic rings. The summed E-state index contributed by atoms with van der Waals surface area (Å²) in [6, 6.07) is 63.7. The van der Waals surface area contributed by atoms with Gasteiger partial charge in [0, 0.05) is 23.5 Å². The minimum absolute atomic E-state index is 0.531. The van der Waals surface area contributed by atoms with E-state index in [0.717, 1.165) is 44.8 Å². The molecule has 6 aromatic carbocycles. The lowest BCUT2D eigenvalue weighted by atomic mass is 9.67. The highest BCUT2D eigenvalue weighted by Crippen LogP contribution is 2.57. The fourth-order valence-electron chi connectivity index (χ4n) is 7.89. The Bertz CT molecular complexity index is 2560. The highest BCUT2D eigenvalue weighted by molar-refractivity contribution is 5.91. The first kappa shape index (κ1) is 31.6. The zero-order chi connectivity index (χ0) is 35.8. The van der Waals surface area contributed by atoms with E-state index in [1.54, 1.807) is 24.5 Å². The summed E-state index contributed by atoms with van der Waals surface area (Å²) in [5.74, 6) is 0. The largest absolute Gasteiger partial charge is 0.256 e. The van der Waals surface area contributed by atoms with Crippen molar-refractivity contribution in [3.05, 3.63) is 216 Å². The summed E-state index contributed by atoms with van der Waals surface area (Å²) in [5.41, 5.74) is 15.7. The molecule has 0 spiro atoms. The summed E-state index contributed by atoms with van der Waals surface area (Å²) in [5, 5.41) is 19.0. The minimum atomic E-state index is -0.531.